The summed E-state index contributed by atoms with van der Waals surface area (Å²) >= 11 is 3.02. The van der Waals surface area contributed by atoms with Crippen molar-refractivity contribution in [3.63, 3.8) is 0 Å². The number of halogens is 2. The lowest BCUT2D eigenvalue weighted by molar-refractivity contribution is 0.619. The molecule has 1 fully saturated rings. The molecule has 1 atom stereocenters. The van der Waals surface area contributed by atoms with Gasteiger partial charge in [0.05, 0.1) is 14.2 Å². The zero-order valence-electron chi connectivity index (χ0n) is 7.30. The van der Waals surface area contributed by atoms with E-state index in [-0.39, 0.29) is 15.5 Å². The second-order valence-corrected chi connectivity index (χ2v) is 6.57. The lowest BCUT2D eigenvalue weighted by atomic mass is 10.3. The molecule has 1 aromatic rings. The quantitative estimate of drug-likeness (QED) is 0.887. The molecule has 1 aromatic carbocycles. The Hall–Kier alpha value is -0.420. The topological polar surface area (TPSA) is 40.9 Å². The van der Waals surface area contributed by atoms with Crippen molar-refractivity contribution < 1.29 is 8.60 Å². The summed E-state index contributed by atoms with van der Waals surface area (Å²) in [6.07, 6.45) is 1.69. The van der Waals surface area contributed by atoms with E-state index in [0.717, 1.165) is 12.8 Å². The molecular formula is C9H9BrFNOS. The highest BCUT2D eigenvalue weighted by Crippen LogP contribution is 2.35. The third kappa shape index (κ3) is 1.70. The van der Waals surface area contributed by atoms with Crippen LogP contribution in [0.3, 0.4) is 0 Å². The van der Waals surface area contributed by atoms with Crippen molar-refractivity contribution in [2.45, 2.75) is 23.0 Å². The summed E-state index contributed by atoms with van der Waals surface area (Å²) in [6.45, 7) is 0. The Morgan fingerprint density at radius 2 is 2.14 bits per heavy atom. The van der Waals surface area contributed by atoms with Crippen LogP contribution in [0.15, 0.2) is 27.6 Å². The summed E-state index contributed by atoms with van der Waals surface area (Å²) in [5.41, 5.74) is 0. The lowest BCUT2D eigenvalue weighted by Gasteiger charge is -2.06. The van der Waals surface area contributed by atoms with Crippen LogP contribution in [-0.4, -0.2) is 9.46 Å². The SMILES string of the molecule is N=S(=O)(c1ccc(F)c(Br)c1)C1CC1. The number of benzene rings is 1. The smallest absolute Gasteiger partial charge is 0.137 e. The third-order valence-corrected chi connectivity index (χ3v) is 5.21. The van der Waals surface area contributed by atoms with E-state index in [1.165, 1.54) is 18.2 Å². The molecule has 0 radical (unpaired) electrons. The Morgan fingerprint density at radius 3 is 2.64 bits per heavy atom. The maximum absolute atomic E-state index is 12.9. The highest BCUT2D eigenvalue weighted by atomic mass is 79.9. The number of nitrogens with one attached hydrogen (secondary N) is 1. The van der Waals surface area contributed by atoms with E-state index in [4.69, 9.17) is 4.78 Å². The van der Waals surface area contributed by atoms with Crippen molar-refractivity contribution in [1.82, 2.24) is 0 Å². The number of hydrogen-bond donors (Lipinski definition) is 1. The molecule has 1 saturated carbocycles. The average molecular weight is 278 g/mol. The maximum Gasteiger partial charge on any atom is 0.137 e. The summed E-state index contributed by atoms with van der Waals surface area (Å²) in [5, 5.41) is -0.0279. The van der Waals surface area contributed by atoms with Crippen LogP contribution in [-0.2, 0) is 9.73 Å². The Balaban J connectivity index is 2.46. The van der Waals surface area contributed by atoms with Crippen LogP contribution in [0.25, 0.3) is 0 Å². The molecule has 1 aliphatic rings. The average Bonchev–Trinajstić information content (AvgIpc) is 2.92. The van der Waals surface area contributed by atoms with Crippen LogP contribution >= 0.6 is 15.9 Å². The van der Waals surface area contributed by atoms with E-state index in [1.54, 1.807) is 0 Å². The van der Waals surface area contributed by atoms with Gasteiger partial charge in [-0.2, -0.15) is 0 Å². The molecule has 1 unspecified atom stereocenters. The Morgan fingerprint density at radius 1 is 1.50 bits per heavy atom. The molecule has 0 heterocycles. The maximum atomic E-state index is 12.9. The van der Waals surface area contributed by atoms with Gasteiger partial charge in [-0.15, -0.1) is 0 Å². The molecule has 5 heteroatoms. The fourth-order valence-electron chi connectivity index (χ4n) is 1.26. The van der Waals surface area contributed by atoms with Crippen LogP contribution in [0.5, 0.6) is 0 Å². The molecule has 0 spiro atoms. The molecule has 0 aliphatic heterocycles. The minimum absolute atomic E-state index is 0.0279. The van der Waals surface area contributed by atoms with Gasteiger partial charge >= 0.3 is 0 Å². The second-order valence-electron chi connectivity index (χ2n) is 3.38. The molecular weight excluding hydrogens is 269 g/mol. The normalized spacial score (nSPS) is 20.4. The van der Waals surface area contributed by atoms with Gasteiger partial charge in [0.2, 0.25) is 0 Å². The first-order chi connectivity index (χ1) is 6.51. The third-order valence-electron chi connectivity index (χ3n) is 2.24. The van der Waals surface area contributed by atoms with Crippen LogP contribution < -0.4 is 0 Å². The summed E-state index contributed by atoms with van der Waals surface area (Å²) in [5.74, 6) is -0.389. The van der Waals surface area contributed by atoms with Gasteiger partial charge in [-0.05, 0) is 47.0 Å². The predicted octanol–water partition coefficient (Wildman–Crippen LogP) is 3.16. The summed E-state index contributed by atoms with van der Waals surface area (Å²) < 4.78 is 32.8. The van der Waals surface area contributed by atoms with Crippen LogP contribution in [0.2, 0.25) is 0 Å². The van der Waals surface area contributed by atoms with Gasteiger partial charge in [0, 0.05) is 10.1 Å². The van der Waals surface area contributed by atoms with Crippen molar-refractivity contribution in [2.75, 3.05) is 0 Å². The van der Waals surface area contributed by atoms with Crippen molar-refractivity contribution in [3.8, 4) is 0 Å². The van der Waals surface area contributed by atoms with E-state index < -0.39 is 9.73 Å². The number of hydrogen-bond acceptors (Lipinski definition) is 2. The first-order valence-electron chi connectivity index (χ1n) is 4.24. The Labute approximate surface area is 90.6 Å². The summed E-state index contributed by atoms with van der Waals surface area (Å²) in [7, 11) is -2.70. The van der Waals surface area contributed by atoms with Gasteiger partial charge in [-0.1, -0.05) is 0 Å². The van der Waals surface area contributed by atoms with Crippen LogP contribution in [0.1, 0.15) is 12.8 Å². The molecule has 0 aromatic heterocycles. The molecule has 76 valence electrons. The van der Waals surface area contributed by atoms with Crippen molar-refractivity contribution in [3.05, 3.63) is 28.5 Å². The molecule has 1 N–H and O–H groups in total. The fourth-order valence-corrected chi connectivity index (χ4v) is 3.54. The fraction of sp³-hybridized carbons (Fsp3) is 0.333. The monoisotopic (exact) mass is 277 g/mol. The minimum atomic E-state index is -2.70. The Bertz CT molecular complexity index is 468. The molecule has 14 heavy (non-hydrogen) atoms. The molecule has 0 amide bonds. The van der Waals surface area contributed by atoms with Crippen molar-refractivity contribution in [2.24, 2.45) is 0 Å². The highest BCUT2D eigenvalue weighted by Gasteiger charge is 2.33. The highest BCUT2D eigenvalue weighted by molar-refractivity contribution is 9.10. The van der Waals surface area contributed by atoms with Gasteiger partial charge in [-0.25, -0.2) is 13.4 Å². The molecule has 2 rings (SSSR count). The van der Waals surface area contributed by atoms with Gasteiger partial charge in [0.25, 0.3) is 0 Å². The largest absolute Gasteiger partial charge is 0.249 e. The first kappa shape index (κ1) is 10.1. The van der Waals surface area contributed by atoms with Crippen molar-refractivity contribution in [1.29, 1.82) is 4.78 Å². The Kier molecular flexibility index (Phi) is 2.39. The van der Waals surface area contributed by atoms with Crippen LogP contribution in [0, 0.1) is 10.6 Å². The second kappa shape index (κ2) is 3.31. The van der Waals surface area contributed by atoms with Gasteiger partial charge in [-0.3, -0.25) is 0 Å². The van der Waals surface area contributed by atoms with Gasteiger partial charge in [0.15, 0.2) is 0 Å². The van der Waals surface area contributed by atoms with E-state index >= 15 is 0 Å². The van der Waals surface area contributed by atoms with Gasteiger partial charge < -0.3 is 0 Å². The van der Waals surface area contributed by atoms with E-state index in [0.29, 0.717) is 4.90 Å². The lowest BCUT2D eigenvalue weighted by Crippen LogP contribution is -2.05. The molecule has 0 saturated heterocycles. The van der Waals surface area contributed by atoms with Gasteiger partial charge in [0.1, 0.15) is 5.82 Å². The van der Waals surface area contributed by atoms with Crippen LogP contribution in [0.4, 0.5) is 4.39 Å². The first-order valence-corrected chi connectivity index (χ1v) is 6.66. The predicted molar refractivity (Wildman–Crippen MR) is 56.3 cm³/mol. The zero-order valence-corrected chi connectivity index (χ0v) is 9.70. The zero-order chi connectivity index (χ0) is 10.3. The van der Waals surface area contributed by atoms with E-state index in [9.17, 15) is 8.60 Å². The molecule has 2 nitrogen and oxygen atoms in total. The van der Waals surface area contributed by atoms with Crippen molar-refractivity contribution >= 4 is 25.7 Å². The molecule has 1 aliphatic carbocycles. The number of rotatable bonds is 2. The van der Waals surface area contributed by atoms with E-state index in [1.807, 2.05) is 0 Å². The minimum Gasteiger partial charge on any atom is -0.249 e. The standard InChI is InChI=1S/C9H9BrFNOS/c10-8-5-7(3-4-9(8)11)14(12,13)6-1-2-6/h3-6,12H,1-2H2. The summed E-state index contributed by atoms with van der Waals surface area (Å²) in [4.78, 5) is 0.424. The summed E-state index contributed by atoms with van der Waals surface area (Å²) in [6, 6.07) is 4.13. The van der Waals surface area contributed by atoms with E-state index in [2.05, 4.69) is 15.9 Å². The molecule has 0 bridgehead atoms.